The highest BCUT2D eigenvalue weighted by Gasteiger charge is 2.17. The summed E-state index contributed by atoms with van der Waals surface area (Å²) in [6.07, 6.45) is 0. The van der Waals surface area contributed by atoms with Crippen LogP contribution < -0.4 is 21.7 Å². The maximum absolute atomic E-state index is 11.9. The number of nitrogens with two attached hydrogens (primary N) is 1. The molecule has 0 bridgehead atoms. The van der Waals surface area contributed by atoms with Gasteiger partial charge in [0.2, 0.25) is 11.8 Å². The number of amides is 2. The van der Waals surface area contributed by atoms with Crippen LogP contribution in [0.15, 0.2) is 54.6 Å². The highest BCUT2D eigenvalue weighted by atomic mass is 35.5. The Morgan fingerprint density at radius 2 is 1.46 bits per heavy atom. The summed E-state index contributed by atoms with van der Waals surface area (Å²) < 4.78 is 0. The van der Waals surface area contributed by atoms with Crippen molar-refractivity contribution < 1.29 is 9.59 Å². The van der Waals surface area contributed by atoms with E-state index in [1.54, 1.807) is 12.1 Å². The monoisotopic (exact) mass is 376 g/mol. The Hall–Kier alpha value is -2.57. The molecular weight excluding hydrogens is 352 g/mol. The lowest BCUT2D eigenvalue weighted by atomic mass is 10.1. The van der Waals surface area contributed by atoms with Gasteiger partial charge in [-0.2, -0.15) is 0 Å². The van der Waals surface area contributed by atoms with E-state index in [0.29, 0.717) is 5.69 Å². The molecule has 0 saturated heterocycles. The van der Waals surface area contributed by atoms with Crippen molar-refractivity contribution in [2.45, 2.75) is 19.9 Å². The number of hydrogen-bond donors (Lipinski definition) is 4. The van der Waals surface area contributed by atoms with Crippen LogP contribution >= 0.6 is 12.4 Å². The fourth-order valence-corrected chi connectivity index (χ4v) is 2.12. The van der Waals surface area contributed by atoms with E-state index >= 15 is 0 Å². The third-order valence-electron chi connectivity index (χ3n) is 3.68. The number of carbonyl (C=O) groups excluding carboxylic acids is 2. The lowest BCUT2D eigenvalue weighted by Crippen LogP contribution is -2.46. The van der Waals surface area contributed by atoms with Gasteiger partial charge in [0, 0.05) is 17.1 Å². The number of rotatable bonds is 7. The van der Waals surface area contributed by atoms with Crippen molar-refractivity contribution in [2.75, 3.05) is 17.2 Å². The molecule has 26 heavy (non-hydrogen) atoms. The standard InChI is InChI=1S/C19H24N4O2.ClH/c1-13(2)18(20)19(25)21-12-17(24)23-16-10-8-15(9-11-16)22-14-6-4-3-5-7-14;/h3-11,13,18,22H,12,20H2,1-2H3,(H,21,25)(H,23,24);1H/t18-;/m0./s1. The molecule has 2 amide bonds. The number of para-hydroxylation sites is 1. The number of anilines is 3. The summed E-state index contributed by atoms with van der Waals surface area (Å²) in [5, 5.41) is 8.54. The quantitative estimate of drug-likeness (QED) is 0.597. The predicted molar refractivity (Wildman–Crippen MR) is 108 cm³/mol. The van der Waals surface area contributed by atoms with Crippen LogP contribution in [0.2, 0.25) is 0 Å². The minimum atomic E-state index is -0.615. The molecular formula is C19H25ClN4O2. The maximum Gasteiger partial charge on any atom is 0.243 e. The fraction of sp³-hybridized carbons (Fsp3) is 0.263. The van der Waals surface area contributed by atoms with Gasteiger partial charge in [0.25, 0.3) is 0 Å². The summed E-state index contributed by atoms with van der Waals surface area (Å²) in [4.78, 5) is 23.6. The van der Waals surface area contributed by atoms with Crippen molar-refractivity contribution in [3.8, 4) is 0 Å². The molecule has 5 N–H and O–H groups in total. The SMILES string of the molecule is CC(C)[C@H](N)C(=O)NCC(=O)Nc1ccc(Nc2ccccc2)cc1.Cl. The lowest BCUT2D eigenvalue weighted by molar-refractivity contribution is -0.125. The molecule has 0 radical (unpaired) electrons. The van der Waals surface area contributed by atoms with Crippen LogP contribution in [-0.4, -0.2) is 24.4 Å². The Bertz CT molecular complexity index is 705. The van der Waals surface area contributed by atoms with Crippen LogP contribution in [0.5, 0.6) is 0 Å². The molecule has 0 heterocycles. The van der Waals surface area contributed by atoms with Crippen molar-refractivity contribution in [1.29, 1.82) is 0 Å². The van der Waals surface area contributed by atoms with E-state index in [1.807, 2.05) is 56.3 Å². The van der Waals surface area contributed by atoms with Gasteiger partial charge >= 0.3 is 0 Å². The van der Waals surface area contributed by atoms with Gasteiger partial charge in [0.1, 0.15) is 0 Å². The van der Waals surface area contributed by atoms with Crippen molar-refractivity contribution in [3.05, 3.63) is 54.6 Å². The van der Waals surface area contributed by atoms with Gasteiger partial charge < -0.3 is 21.7 Å². The van der Waals surface area contributed by atoms with E-state index in [-0.39, 0.29) is 36.7 Å². The number of carbonyl (C=O) groups is 2. The van der Waals surface area contributed by atoms with Crippen LogP contribution in [0, 0.1) is 5.92 Å². The summed E-state index contributed by atoms with van der Waals surface area (Å²) in [5.41, 5.74) is 8.29. The first kappa shape index (κ1) is 21.5. The summed E-state index contributed by atoms with van der Waals surface area (Å²) in [6.45, 7) is 3.61. The van der Waals surface area contributed by atoms with Crippen molar-refractivity contribution in [3.63, 3.8) is 0 Å². The Balaban J connectivity index is 0.00000338. The van der Waals surface area contributed by atoms with E-state index in [2.05, 4.69) is 16.0 Å². The van der Waals surface area contributed by atoms with Gasteiger partial charge in [-0.15, -0.1) is 12.4 Å². The average molecular weight is 377 g/mol. The largest absolute Gasteiger partial charge is 0.356 e. The zero-order valence-corrected chi connectivity index (χ0v) is 15.7. The Labute approximate surface area is 160 Å². The molecule has 2 aromatic carbocycles. The van der Waals surface area contributed by atoms with Crippen LogP contribution in [0.3, 0.4) is 0 Å². The molecule has 0 aromatic heterocycles. The summed E-state index contributed by atoms with van der Waals surface area (Å²) in [6, 6.07) is 16.5. The second kappa shape index (κ2) is 10.4. The summed E-state index contributed by atoms with van der Waals surface area (Å²) in [5.74, 6) is -0.603. The number of halogens is 1. The van der Waals surface area contributed by atoms with Crippen LogP contribution in [0.25, 0.3) is 0 Å². The van der Waals surface area contributed by atoms with E-state index in [0.717, 1.165) is 11.4 Å². The van der Waals surface area contributed by atoms with Crippen molar-refractivity contribution in [1.82, 2.24) is 5.32 Å². The lowest BCUT2D eigenvalue weighted by Gasteiger charge is -2.15. The number of benzene rings is 2. The molecule has 0 aliphatic heterocycles. The van der Waals surface area contributed by atoms with Gasteiger partial charge in [-0.25, -0.2) is 0 Å². The highest BCUT2D eigenvalue weighted by molar-refractivity contribution is 5.95. The maximum atomic E-state index is 11.9. The molecule has 0 aliphatic carbocycles. The van der Waals surface area contributed by atoms with Gasteiger partial charge in [0.15, 0.2) is 0 Å². The normalized spacial score (nSPS) is 11.2. The van der Waals surface area contributed by atoms with Gasteiger partial charge in [-0.1, -0.05) is 32.0 Å². The van der Waals surface area contributed by atoms with Crippen LogP contribution in [-0.2, 0) is 9.59 Å². The molecule has 140 valence electrons. The average Bonchev–Trinajstić information content (AvgIpc) is 2.61. The molecule has 6 nitrogen and oxygen atoms in total. The van der Waals surface area contributed by atoms with Crippen LogP contribution in [0.4, 0.5) is 17.1 Å². The van der Waals surface area contributed by atoms with Gasteiger partial charge in [0.05, 0.1) is 12.6 Å². The van der Waals surface area contributed by atoms with Crippen molar-refractivity contribution >= 4 is 41.3 Å². The minimum Gasteiger partial charge on any atom is -0.356 e. The fourth-order valence-electron chi connectivity index (χ4n) is 2.12. The van der Waals surface area contributed by atoms with Crippen LogP contribution in [0.1, 0.15) is 13.8 Å². The molecule has 1 atom stereocenters. The Morgan fingerprint density at radius 3 is 2.04 bits per heavy atom. The highest BCUT2D eigenvalue weighted by Crippen LogP contribution is 2.18. The Morgan fingerprint density at radius 1 is 0.923 bits per heavy atom. The Kier molecular flexibility index (Phi) is 8.61. The molecule has 0 fully saturated rings. The summed E-state index contributed by atoms with van der Waals surface area (Å²) >= 11 is 0. The first-order valence-electron chi connectivity index (χ1n) is 8.21. The minimum absolute atomic E-state index is 0. The van der Waals surface area contributed by atoms with Gasteiger partial charge in [-0.3, -0.25) is 9.59 Å². The molecule has 0 unspecified atom stereocenters. The smallest absolute Gasteiger partial charge is 0.243 e. The molecule has 0 saturated carbocycles. The molecule has 0 aliphatic rings. The first-order valence-corrected chi connectivity index (χ1v) is 8.21. The number of nitrogens with one attached hydrogen (secondary N) is 3. The second-order valence-corrected chi connectivity index (χ2v) is 6.10. The molecule has 2 aromatic rings. The van der Waals surface area contributed by atoms with E-state index in [9.17, 15) is 9.59 Å². The van der Waals surface area contributed by atoms with Gasteiger partial charge in [-0.05, 0) is 42.3 Å². The second-order valence-electron chi connectivity index (χ2n) is 6.10. The molecule has 2 rings (SSSR count). The van der Waals surface area contributed by atoms with E-state index in [1.165, 1.54) is 0 Å². The summed E-state index contributed by atoms with van der Waals surface area (Å²) in [7, 11) is 0. The third-order valence-corrected chi connectivity index (χ3v) is 3.68. The van der Waals surface area contributed by atoms with E-state index < -0.39 is 6.04 Å². The first-order chi connectivity index (χ1) is 12.0. The van der Waals surface area contributed by atoms with E-state index in [4.69, 9.17) is 5.73 Å². The zero-order valence-electron chi connectivity index (χ0n) is 14.9. The number of hydrogen-bond acceptors (Lipinski definition) is 4. The topological polar surface area (TPSA) is 96.2 Å². The predicted octanol–water partition coefficient (Wildman–Crippen LogP) is 2.89. The molecule has 0 spiro atoms. The zero-order chi connectivity index (χ0) is 18.2. The third kappa shape index (κ3) is 6.74. The van der Waals surface area contributed by atoms with Crippen molar-refractivity contribution in [2.24, 2.45) is 11.7 Å². The molecule has 7 heteroatoms.